The maximum Gasteiger partial charge on any atom is 0.0739 e. The number of hydrogen-bond donors (Lipinski definition) is 2. The molecule has 0 bridgehead atoms. The molecule has 0 fully saturated rings. The Kier molecular flexibility index (Phi) is 4.48. The van der Waals surface area contributed by atoms with Crippen LogP contribution in [0.5, 0.6) is 0 Å². The van der Waals surface area contributed by atoms with E-state index in [-0.39, 0.29) is 6.04 Å². The van der Waals surface area contributed by atoms with Crippen molar-refractivity contribution in [2.24, 2.45) is 5.84 Å². The lowest BCUT2D eigenvalue weighted by Crippen LogP contribution is -2.29. The summed E-state index contributed by atoms with van der Waals surface area (Å²) in [5, 5.41) is 1.21. The Labute approximate surface area is 123 Å². The highest BCUT2D eigenvalue weighted by Crippen LogP contribution is 2.34. The fourth-order valence-electron chi connectivity index (χ4n) is 2.08. The molecule has 0 aliphatic heterocycles. The summed E-state index contributed by atoms with van der Waals surface area (Å²) in [7, 11) is 0. The van der Waals surface area contributed by atoms with Crippen LogP contribution in [0.15, 0.2) is 36.4 Å². The predicted octanol–water partition coefficient (Wildman–Crippen LogP) is 4.16. The zero-order valence-corrected chi connectivity index (χ0v) is 12.4. The highest BCUT2D eigenvalue weighted by Gasteiger charge is 2.19. The van der Waals surface area contributed by atoms with Crippen molar-refractivity contribution >= 4 is 23.2 Å². The maximum absolute atomic E-state index is 6.24. The fourth-order valence-corrected chi connectivity index (χ4v) is 2.69. The lowest BCUT2D eigenvalue weighted by molar-refractivity contribution is 0.636. The molecular weight excluding hydrogens is 279 g/mol. The van der Waals surface area contributed by atoms with E-state index in [0.717, 1.165) is 11.1 Å². The standard InChI is InChI=1S/C15H16Cl2N2/c1-9-6-7-11(8-10(9)2)15(19-18)14-12(16)4-3-5-13(14)17/h3-8,15,19H,18H2,1-2H3. The van der Waals surface area contributed by atoms with E-state index < -0.39 is 0 Å². The summed E-state index contributed by atoms with van der Waals surface area (Å²) >= 11 is 12.5. The van der Waals surface area contributed by atoms with Gasteiger partial charge in [0, 0.05) is 15.6 Å². The van der Waals surface area contributed by atoms with E-state index >= 15 is 0 Å². The molecule has 1 atom stereocenters. The van der Waals surface area contributed by atoms with Gasteiger partial charge in [-0.25, -0.2) is 5.43 Å². The molecular formula is C15H16Cl2N2. The third-order valence-electron chi connectivity index (χ3n) is 3.32. The second kappa shape index (κ2) is 5.93. The van der Waals surface area contributed by atoms with Gasteiger partial charge in [-0.3, -0.25) is 5.84 Å². The van der Waals surface area contributed by atoms with Gasteiger partial charge in [0.1, 0.15) is 0 Å². The Balaban J connectivity index is 2.53. The van der Waals surface area contributed by atoms with Crippen LogP contribution in [-0.2, 0) is 0 Å². The van der Waals surface area contributed by atoms with E-state index in [1.165, 1.54) is 11.1 Å². The molecule has 2 aromatic carbocycles. The Hall–Kier alpha value is -1.06. The second-order valence-electron chi connectivity index (χ2n) is 4.58. The number of halogens is 2. The highest BCUT2D eigenvalue weighted by atomic mass is 35.5. The van der Waals surface area contributed by atoms with Crippen molar-refractivity contribution < 1.29 is 0 Å². The van der Waals surface area contributed by atoms with Crippen LogP contribution in [0.4, 0.5) is 0 Å². The second-order valence-corrected chi connectivity index (χ2v) is 5.39. The number of nitrogens with two attached hydrogens (primary N) is 1. The van der Waals surface area contributed by atoms with Crippen molar-refractivity contribution in [2.75, 3.05) is 0 Å². The molecule has 19 heavy (non-hydrogen) atoms. The van der Waals surface area contributed by atoms with E-state index in [1.807, 2.05) is 24.3 Å². The van der Waals surface area contributed by atoms with Crippen molar-refractivity contribution in [3.63, 3.8) is 0 Å². The topological polar surface area (TPSA) is 38.0 Å². The van der Waals surface area contributed by atoms with Crippen molar-refractivity contribution in [1.29, 1.82) is 0 Å². The molecule has 2 aromatic rings. The molecule has 0 aromatic heterocycles. The van der Waals surface area contributed by atoms with Crippen molar-refractivity contribution in [3.8, 4) is 0 Å². The normalized spacial score (nSPS) is 12.5. The first-order chi connectivity index (χ1) is 9.04. The number of benzene rings is 2. The molecule has 100 valence electrons. The molecule has 0 saturated carbocycles. The lowest BCUT2D eigenvalue weighted by atomic mass is 9.96. The van der Waals surface area contributed by atoms with Crippen LogP contribution in [0.1, 0.15) is 28.3 Å². The summed E-state index contributed by atoms with van der Waals surface area (Å²) in [6.07, 6.45) is 0. The Morgan fingerprint density at radius 2 is 1.63 bits per heavy atom. The molecule has 0 aliphatic carbocycles. The third kappa shape index (κ3) is 2.93. The molecule has 2 nitrogen and oxygen atoms in total. The average molecular weight is 295 g/mol. The molecule has 4 heteroatoms. The lowest BCUT2D eigenvalue weighted by Gasteiger charge is -2.20. The SMILES string of the molecule is Cc1ccc(C(NN)c2c(Cl)cccc2Cl)cc1C. The molecule has 0 heterocycles. The molecule has 0 aliphatic rings. The Morgan fingerprint density at radius 3 is 2.16 bits per heavy atom. The van der Waals surface area contributed by atoms with Crippen LogP contribution in [0.25, 0.3) is 0 Å². The van der Waals surface area contributed by atoms with Gasteiger partial charge in [0.05, 0.1) is 6.04 Å². The zero-order chi connectivity index (χ0) is 14.0. The van der Waals surface area contributed by atoms with Gasteiger partial charge in [0.15, 0.2) is 0 Å². The first kappa shape index (κ1) is 14.4. The van der Waals surface area contributed by atoms with Crippen molar-refractivity contribution in [1.82, 2.24) is 5.43 Å². The minimum absolute atomic E-state index is 0.222. The molecule has 0 amide bonds. The van der Waals surface area contributed by atoms with Gasteiger partial charge < -0.3 is 0 Å². The monoisotopic (exact) mass is 294 g/mol. The molecule has 2 rings (SSSR count). The highest BCUT2D eigenvalue weighted by molar-refractivity contribution is 6.36. The van der Waals surface area contributed by atoms with Gasteiger partial charge in [-0.1, -0.05) is 47.5 Å². The van der Waals surface area contributed by atoms with Gasteiger partial charge in [-0.2, -0.15) is 0 Å². The van der Waals surface area contributed by atoms with Crippen LogP contribution < -0.4 is 11.3 Å². The third-order valence-corrected chi connectivity index (χ3v) is 3.98. The number of nitrogens with one attached hydrogen (secondary N) is 1. The average Bonchev–Trinajstić information content (AvgIpc) is 2.37. The molecule has 0 spiro atoms. The summed E-state index contributed by atoms with van der Waals surface area (Å²) in [5.41, 5.74) is 7.09. The van der Waals surface area contributed by atoms with Crippen LogP contribution in [0.3, 0.4) is 0 Å². The van der Waals surface area contributed by atoms with Gasteiger partial charge in [-0.15, -0.1) is 0 Å². The number of aryl methyl sites for hydroxylation is 2. The summed E-state index contributed by atoms with van der Waals surface area (Å²) in [4.78, 5) is 0. The fraction of sp³-hybridized carbons (Fsp3) is 0.200. The molecule has 1 unspecified atom stereocenters. The molecule has 0 saturated heterocycles. The summed E-state index contributed by atoms with van der Waals surface area (Å²) in [5.74, 6) is 5.70. The number of hydrazine groups is 1. The summed E-state index contributed by atoms with van der Waals surface area (Å²) in [6, 6.07) is 11.4. The quantitative estimate of drug-likeness (QED) is 0.659. The predicted molar refractivity (Wildman–Crippen MR) is 81.5 cm³/mol. The number of rotatable bonds is 3. The van der Waals surface area contributed by atoms with Gasteiger partial charge in [0.25, 0.3) is 0 Å². The van der Waals surface area contributed by atoms with Crippen molar-refractivity contribution in [2.45, 2.75) is 19.9 Å². The minimum Gasteiger partial charge on any atom is -0.271 e. The first-order valence-electron chi connectivity index (χ1n) is 6.01. The van der Waals surface area contributed by atoms with Gasteiger partial charge in [-0.05, 0) is 42.7 Å². The van der Waals surface area contributed by atoms with E-state index in [9.17, 15) is 0 Å². The van der Waals surface area contributed by atoms with Crippen LogP contribution in [0, 0.1) is 13.8 Å². The smallest absolute Gasteiger partial charge is 0.0739 e. The first-order valence-corrected chi connectivity index (χ1v) is 6.77. The maximum atomic E-state index is 6.24. The van der Waals surface area contributed by atoms with E-state index in [1.54, 1.807) is 0 Å². The van der Waals surface area contributed by atoms with E-state index in [0.29, 0.717) is 10.0 Å². The molecule has 3 N–H and O–H groups in total. The van der Waals surface area contributed by atoms with Crippen LogP contribution in [-0.4, -0.2) is 0 Å². The summed E-state index contributed by atoms with van der Waals surface area (Å²) in [6.45, 7) is 4.15. The zero-order valence-electron chi connectivity index (χ0n) is 10.9. The van der Waals surface area contributed by atoms with E-state index in [2.05, 4.69) is 31.4 Å². The van der Waals surface area contributed by atoms with Crippen molar-refractivity contribution in [3.05, 3.63) is 68.7 Å². The van der Waals surface area contributed by atoms with E-state index in [4.69, 9.17) is 29.0 Å². The summed E-state index contributed by atoms with van der Waals surface area (Å²) < 4.78 is 0. The number of hydrogen-bond acceptors (Lipinski definition) is 2. The van der Waals surface area contributed by atoms with Gasteiger partial charge >= 0.3 is 0 Å². The van der Waals surface area contributed by atoms with Crippen LogP contribution in [0.2, 0.25) is 10.0 Å². The largest absolute Gasteiger partial charge is 0.271 e. The Bertz CT molecular complexity index is 576. The van der Waals surface area contributed by atoms with Crippen LogP contribution >= 0.6 is 23.2 Å². The Morgan fingerprint density at radius 1 is 1.00 bits per heavy atom. The minimum atomic E-state index is -0.222. The molecule has 0 radical (unpaired) electrons. The van der Waals surface area contributed by atoms with Gasteiger partial charge in [0.2, 0.25) is 0 Å².